The molecule has 7 aliphatic carbocycles. The molecule has 0 N–H and O–H groups in total. The quantitative estimate of drug-likeness (QED) is 0.611. The van der Waals surface area contributed by atoms with Gasteiger partial charge in [0.15, 0.2) is 0 Å². The predicted octanol–water partition coefficient (Wildman–Crippen LogP) is 3.74. The van der Waals surface area contributed by atoms with Gasteiger partial charge in [0.1, 0.15) is 0 Å². The Morgan fingerprint density at radius 3 is 2.94 bits per heavy atom. The minimum absolute atomic E-state index is 0.950. The first-order chi connectivity index (χ1) is 8.85. The zero-order valence-corrected chi connectivity index (χ0v) is 11.2. The molecule has 11 unspecified atom stereocenters. The molecule has 0 heterocycles. The van der Waals surface area contributed by atoms with Crippen LogP contribution in [-0.4, -0.2) is 0 Å². The van der Waals surface area contributed by atoms with Crippen LogP contribution in [-0.2, 0) is 0 Å². The second-order valence-electron chi connectivity index (χ2n) is 8.91. The van der Waals surface area contributed by atoms with E-state index >= 15 is 0 Å². The smallest absolute Gasteiger partial charge is 0.0130 e. The lowest BCUT2D eigenvalue weighted by molar-refractivity contribution is 0.0862. The van der Waals surface area contributed by atoms with Crippen molar-refractivity contribution in [2.45, 2.75) is 32.6 Å². The molecule has 6 saturated carbocycles. The molecule has 0 aromatic heterocycles. The highest BCUT2D eigenvalue weighted by molar-refractivity contribution is 5.54. The van der Waals surface area contributed by atoms with E-state index in [4.69, 9.17) is 0 Å². The van der Waals surface area contributed by atoms with Gasteiger partial charge in [0, 0.05) is 0 Å². The number of hydrogen-bond acceptors (Lipinski definition) is 0. The molecule has 0 aromatic rings. The summed E-state index contributed by atoms with van der Waals surface area (Å²) in [6, 6.07) is 0. The van der Waals surface area contributed by atoms with Gasteiger partial charge in [-0.15, -0.1) is 0 Å². The van der Waals surface area contributed by atoms with Crippen LogP contribution in [0.25, 0.3) is 0 Å². The third kappa shape index (κ3) is 0.525. The van der Waals surface area contributed by atoms with Gasteiger partial charge in [-0.2, -0.15) is 0 Å². The maximum absolute atomic E-state index is 2.68. The Labute approximate surface area is 109 Å². The molecule has 7 rings (SSSR count). The van der Waals surface area contributed by atoms with E-state index in [0.29, 0.717) is 0 Å². The molecule has 0 amide bonds. The van der Waals surface area contributed by atoms with E-state index in [9.17, 15) is 0 Å². The highest BCUT2D eigenvalue weighted by atomic mass is 15.1. The normalized spacial score (nSPS) is 81.9. The number of hydrogen-bond donors (Lipinski definition) is 0. The zero-order chi connectivity index (χ0) is 11.4. The maximum Gasteiger partial charge on any atom is -0.0130 e. The fourth-order valence-corrected chi connectivity index (χ4v) is 9.23. The van der Waals surface area contributed by atoms with Gasteiger partial charge in [0.05, 0.1) is 0 Å². The average Bonchev–Trinajstić information content (AvgIpc) is 3.21. The molecule has 0 bridgehead atoms. The van der Waals surface area contributed by atoms with Gasteiger partial charge in [-0.25, -0.2) is 0 Å². The molecule has 2 spiro atoms. The fourth-order valence-electron chi connectivity index (χ4n) is 9.23. The zero-order valence-electron chi connectivity index (χ0n) is 11.2. The Hall–Kier alpha value is -0.260. The molecular weight excluding hydrogens is 216 g/mol. The first-order valence-corrected chi connectivity index (χ1v) is 8.54. The van der Waals surface area contributed by atoms with Crippen LogP contribution in [0.4, 0.5) is 0 Å². The van der Waals surface area contributed by atoms with Crippen LogP contribution in [0.5, 0.6) is 0 Å². The van der Waals surface area contributed by atoms with E-state index in [1.807, 2.05) is 0 Å². The van der Waals surface area contributed by atoms with Gasteiger partial charge in [-0.05, 0) is 89.8 Å². The van der Waals surface area contributed by atoms with E-state index in [1.165, 1.54) is 41.9 Å². The highest BCUT2D eigenvalue weighted by Crippen LogP contribution is 3.10. The summed E-state index contributed by atoms with van der Waals surface area (Å²) in [7, 11) is 0. The van der Waals surface area contributed by atoms with E-state index in [2.05, 4.69) is 19.1 Å². The molecule has 0 heteroatoms. The summed E-state index contributed by atoms with van der Waals surface area (Å²) in [6.07, 6.45) is 11.7. The number of fused-ring (bicyclic) bond motifs is 4. The van der Waals surface area contributed by atoms with Crippen molar-refractivity contribution >= 4 is 0 Å². The molecule has 6 fully saturated rings. The van der Waals surface area contributed by atoms with Gasteiger partial charge in [-0.1, -0.05) is 19.1 Å². The van der Waals surface area contributed by atoms with Crippen LogP contribution in [0.2, 0.25) is 0 Å². The van der Waals surface area contributed by atoms with Crippen molar-refractivity contribution in [2.75, 3.05) is 0 Å². The minimum Gasteiger partial charge on any atom is -0.0848 e. The second kappa shape index (κ2) is 2.07. The molecule has 7 aliphatic rings. The van der Waals surface area contributed by atoms with E-state index in [1.54, 1.807) is 19.3 Å². The standard InChI is InChI=1S/C18H22/c1-2-8-3-4-10-12(8)7-17-14-11-5-9(11)6-13-15(14)18(13,17)16(10)17/h3-4,8-16H,2,5-7H2,1H3. The molecule has 18 heavy (non-hydrogen) atoms. The molecule has 0 aliphatic heterocycles. The topological polar surface area (TPSA) is 0 Å². The lowest BCUT2D eigenvalue weighted by Gasteiger charge is -2.38. The van der Waals surface area contributed by atoms with Crippen LogP contribution < -0.4 is 0 Å². The maximum atomic E-state index is 2.68. The first kappa shape index (κ1) is 8.82. The van der Waals surface area contributed by atoms with Crippen molar-refractivity contribution in [2.24, 2.45) is 64.1 Å². The Bertz CT molecular complexity index is 526. The molecule has 94 valence electrons. The molecule has 0 saturated heterocycles. The van der Waals surface area contributed by atoms with Crippen LogP contribution in [0.3, 0.4) is 0 Å². The Morgan fingerprint density at radius 2 is 2.06 bits per heavy atom. The van der Waals surface area contributed by atoms with Crippen molar-refractivity contribution in [1.82, 2.24) is 0 Å². The van der Waals surface area contributed by atoms with Crippen LogP contribution in [0, 0.1) is 64.1 Å². The van der Waals surface area contributed by atoms with Crippen molar-refractivity contribution in [3.8, 4) is 0 Å². The highest BCUT2D eigenvalue weighted by Gasteiger charge is 3.07. The average molecular weight is 238 g/mol. The SMILES string of the molecule is CCC1C=CC2C1CC13C4C5CC5CC5C4C51C23. The summed E-state index contributed by atoms with van der Waals surface area (Å²) in [4.78, 5) is 0. The van der Waals surface area contributed by atoms with Crippen molar-refractivity contribution in [3.05, 3.63) is 12.2 Å². The lowest BCUT2D eigenvalue weighted by Crippen LogP contribution is -2.34. The van der Waals surface area contributed by atoms with Crippen LogP contribution in [0.1, 0.15) is 32.6 Å². The van der Waals surface area contributed by atoms with Gasteiger partial charge in [0.2, 0.25) is 0 Å². The molecule has 0 aromatic carbocycles. The summed E-state index contributed by atoms with van der Waals surface area (Å²) in [5, 5.41) is 0. The van der Waals surface area contributed by atoms with Crippen molar-refractivity contribution in [1.29, 1.82) is 0 Å². The van der Waals surface area contributed by atoms with Gasteiger partial charge in [0.25, 0.3) is 0 Å². The first-order valence-electron chi connectivity index (χ1n) is 8.54. The molecule has 11 atom stereocenters. The molecular formula is C18H22. The molecule has 0 nitrogen and oxygen atoms in total. The summed E-state index contributed by atoms with van der Waals surface area (Å²) >= 11 is 0. The Balaban J connectivity index is 1.37. The second-order valence-corrected chi connectivity index (χ2v) is 8.91. The fraction of sp³-hybridized carbons (Fsp3) is 0.889. The van der Waals surface area contributed by atoms with Gasteiger partial charge < -0.3 is 0 Å². The summed E-state index contributed by atoms with van der Waals surface area (Å²) < 4.78 is 0. The van der Waals surface area contributed by atoms with Gasteiger partial charge >= 0.3 is 0 Å². The summed E-state index contributed by atoms with van der Waals surface area (Å²) in [5.74, 6) is 10.5. The van der Waals surface area contributed by atoms with Crippen molar-refractivity contribution < 1.29 is 0 Å². The summed E-state index contributed by atoms with van der Waals surface area (Å²) in [5.41, 5.74) is 1.94. The monoisotopic (exact) mass is 238 g/mol. The third-order valence-electron chi connectivity index (χ3n) is 9.31. The summed E-state index contributed by atoms with van der Waals surface area (Å²) in [6.45, 7) is 2.41. The van der Waals surface area contributed by atoms with Crippen molar-refractivity contribution in [3.63, 3.8) is 0 Å². The third-order valence-corrected chi connectivity index (χ3v) is 9.31. The van der Waals surface area contributed by atoms with E-state index < -0.39 is 0 Å². The molecule has 0 radical (unpaired) electrons. The predicted molar refractivity (Wildman–Crippen MR) is 69.6 cm³/mol. The Morgan fingerprint density at radius 1 is 1.11 bits per heavy atom. The van der Waals surface area contributed by atoms with E-state index in [0.717, 1.165) is 28.6 Å². The lowest BCUT2D eigenvalue weighted by atomic mass is 9.65. The van der Waals surface area contributed by atoms with Crippen LogP contribution >= 0.6 is 0 Å². The largest absolute Gasteiger partial charge is 0.0848 e. The minimum atomic E-state index is 0.950. The van der Waals surface area contributed by atoms with E-state index in [-0.39, 0.29) is 0 Å². The van der Waals surface area contributed by atoms with Gasteiger partial charge in [-0.3, -0.25) is 0 Å². The van der Waals surface area contributed by atoms with Crippen LogP contribution in [0.15, 0.2) is 12.2 Å². The Kier molecular flexibility index (Phi) is 1.02. The number of allylic oxidation sites excluding steroid dienone is 2. The number of rotatable bonds is 1.